The van der Waals surface area contributed by atoms with Gasteiger partial charge >= 0.3 is 0 Å². The maximum atomic E-state index is 12.4. The van der Waals surface area contributed by atoms with Crippen molar-refractivity contribution < 1.29 is 14.3 Å². The Balaban J connectivity index is 1.25. The maximum Gasteiger partial charge on any atom is 0.261 e. The van der Waals surface area contributed by atoms with Crippen molar-refractivity contribution in [3.8, 4) is 5.75 Å². The summed E-state index contributed by atoms with van der Waals surface area (Å²) in [6, 6.07) is 18.8. The molecule has 2 N–H and O–H groups in total. The van der Waals surface area contributed by atoms with Gasteiger partial charge < -0.3 is 15.4 Å². The smallest absolute Gasteiger partial charge is 0.261 e. The van der Waals surface area contributed by atoms with Crippen LogP contribution in [0.25, 0.3) is 0 Å². The largest absolute Gasteiger partial charge is 0.488 e. The highest BCUT2D eigenvalue weighted by atomic mass is 32.1. The van der Waals surface area contributed by atoms with Crippen molar-refractivity contribution in [2.75, 3.05) is 6.54 Å². The van der Waals surface area contributed by atoms with Crippen molar-refractivity contribution in [2.24, 2.45) is 0 Å². The molecule has 2 aromatic carbocycles. The summed E-state index contributed by atoms with van der Waals surface area (Å²) >= 11 is 1.41. The van der Waals surface area contributed by atoms with Crippen molar-refractivity contribution in [1.82, 2.24) is 10.6 Å². The zero-order valence-corrected chi connectivity index (χ0v) is 16.0. The van der Waals surface area contributed by atoms with E-state index in [1.807, 2.05) is 47.8 Å². The number of fused-ring (bicyclic) bond motifs is 1. The Kier molecular flexibility index (Phi) is 5.39. The molecule has 1 aromatic heterocycles. The summed E-state index contributed by atoms with van der Waals surface area (Å²) < 4.78 is 5.84. The molecule has 0 unspecified atom stereocenters. The topological polar surface area (TPSA) is 67.4 Å². The van der Waals surface area contributed by atoms with Crippen LogP contribution < -0.4 is 15.4 Å². The van der Waals surface area contributed by atoms with Crippen LogP contribution in [-0.4, -0.2) is 24.5 Å². The van der Waals surface area contributed by atoms with E-state index in [2.05, 4.69) is 10.6 Å². The molecule has 0 radical (unpaired) electrons. The molecule has 28 heavy (non-hydrogen) atoms. The normalized spacial score (nSPS) is 14.8. The third-order valence-electron chi connectivity index (χ3n) is 4.62. The Hall–Kier alpha value is -3.12. The van der Waals surface area contributed by atoms with Gasteiger partial charge in [-0.3, -0.25) is 9.59 Å². The predicted octanol–water partition coefficient (Wildman–Crippen LogP) is 3.41. The molecule has 0 spiro atoms. The lowest BCUT2D eigenvalue weighted by Gasteiger charge is -2.12. The van der Waals surface area contributed by atoms with Gasteiger partial charge in [0.1, 0.15) is 11.9 Å². The van der Waals surface area contributed by atoms with Crippen LogP contribution in [0, 0.1) is 0 Å². The first-order valence-corrected chi connectivity index (χ1v) is 10.0. The second kappa shape index (κ2) is 8.27. The number of hydrogen-bond acceptors (Lipinski definition) is 4. The number of para-hydroxylation sites is 1. The summed E-state index contributed by atoms with van der Waals surface area (Å²) in [7, 11) is 0. The Bertz CT molecular complexity index is 943. The summed E-state index contributed by atoms with van der Waals surface area (Å²) in [5, 5.41) is 7.68. The van der Waals surface area contributed by atoms with E-state index in [0.717, 1.165) is 17.7 Å². The molecule has 2 heterocycles. The second-order valence-corrected chi connectivity index (χ2v) is 7.57. The fourth-order valence-electron chi connectivity index (χ4n) is 3.13. The van der Waals surface area contributed by atoms with Gasteiger partial charge in [-0.2, -0.15) is 0 Å². The third-order valence-corrected chi connectivity index (χ3v) is 5.49. The molecule has 142 valence electrons. The average Bonchev–Trinajstić information content (AvgIpc) is 3.40. The Morgan fingerprint density at radius 2 is 1.79 bits per heavy atom. The highest BCUT2D eigenvalue weighted by molar-refractivity contribution is 7.12. The van der Waals surface area contributed by atoms with Crippen LogP contribution in [0.1, 0.15) is 31.2 Å². The van der Waals surface area contributed by atoms with Crippen molar-refractivity contribution in [1.29, 1.82) is 0 Å². The minimum absolute atomic E-state index is 0.0342. The van der Waals surface area contributed by atoms with Crippen LogP contribution in [0.4, 0.5) is 0 Å². The Labute approximate surface area is 167 Å². The van der Waals surface area contributed by atoms with E-state index < -0.39 is 0 Å². The number of hydrogen-bond donors (Lipinski definition) is 2. The second-order valence-electron chi connectivity index (χ2n) is 6.62. The molecule has 5 nitrogen and oxygen atoms in total. The number of ether oxygens (including phenoxy) is 1. The number of amides is 2. The first kappa shape index (κ1) is 18.3. The van der Waals surface area contributed by atoms with Gasteiger partial charge in [0.05, 0.1) is 11.4 Å². The minimum atomic E-state index is -0.131. The zero-order chi connectivity index (χ0) is 19.3. The van der Waals surface area contributed by atoms with Gasteiger partial charge in [-0.25, -0.2) is 0 Å². The van der Waals surface area contributed by atoms with Crippen LogP contribution in [0.5, 0.6) is 5.75 Å². The van der Waals surface area contributed by atoms with Crippen LogP contribution >= 0.6 is 11.3 Å². The Morgan fingerprint density at radius 3 is 2.54 bits per heavy atom. The quantitative estimate of drug-likeness (QED) is 0.676. The van der Waals surface area contributed by atoms with Gasteiger partial charge in [0, 0.05) is 18.5 Å². The van der Waals surface area contributed by atoms with Crippen molar-refractivity contribution in [2.45, 2.75) is 19.1 Å². The first-order chi connectivity index (χ1) is 13.7. The number of nitrogens with one attached hydrogen (secondary N) is 2. The van der Waals surface area contributed by atoms with Crippen LogP contribution in [-0.2, 0) is 13.0 Å². The summed E-state index contributed by atoms with van der Waals surface area (Å²) in [4.78, 5) is 25.0. The van der Waals surface area contributed by atoms with Crippen molar-refractivity contribution >= 4 is 23.2 Å². The van der Waals surface area contributed by atoms with Gasteiger partial charge in [0.15, 0.2) is 0 Å². The molecule has 1 aliphatic rings. The molecule has 3 aromatic rings. The van der Waals surface area contributed by atoms with Crippen LogP contribution in [0.3, 0.4) is 0 Å². The number of carbonyl (C=O) groups is 2. The molecule has 1 aliphatic heterocycles. The van der Waals surface area contributed by atoms with Gasteiger partial charge in [-0.05, 0) is 40.8 Å². The van der Waals surface area contributed by atoms with E-state index in [0.29, 0.717) is 23.5 Å². The molecular weight excluding hydrogens is 372 g/mol. The average molecular weight is 392 g/mol. The molecular formula is C22H20N2O3S. The molecule has 4 rings (SSSR count). The monoisotopic (exact) mass is 392 g/mol. The summed E-state index contributed by atoms with van der Waals surface area (Å²) in [6.45, 7) is 0.888. The minimum Gasteiger partial charge on any atom is -0.488 e. The van der Waals surface area contributed by atoms with E-state index in [4.69, 9.17) is 4.74 Å². The molecule has 0 saturated heterocycles. The third kappa shape index (κ3) is 4.23. The lowest BCUT2D eigenvalue weighted by atomic mass is 10.1. The van der Waals surface area contributed by atoms with Gasteiger partial charge in [-0.15, -0.1) is 11.3 Å². The van der Waals surface area contributed by atoms with E-state index in [-0.39, 0.29) is 17.9 Å². The lowest BCUT2D eigenvalue weighted by molar-refractivity contribution is 0.0930. The van der Waals surface area contributed by atoms with Gasteiger partial charge in [0.25, 0.3) is 11.8 Å². The van der Waals surface area contributed by atoms with Crippen LogP contribution in [0.15, 0.2) is 66.0 Å². The molecule has 6 heteroatoms. The standard InChI is InChI=1S/C22H20N2O3S/c25-21(24-14-18-12-17-4-1-2-5-19(17)27-18)16-9-7-15(8-10-16)13-23-22(26)20-6-3-11-28-20/h1-11,18H,12-14H2,(H,23,26)(H,24,25)/t18-/m1/s1. The van der Waals surface area contributed by atoms with Gasteiger partial charge in [0.2, 0.25) is 0 Å². The molecule has 0 saturated carbocycles. The summed E-state index contributed by atoms with van der Waals surface area (Å²) in [5.41, 5.74) is 2.70. The lowest BCUT2D eigenvalue weighted by Crippen LogP contribution is -2.34. The number of carbonyl (C=O) groups excluding carboxylic acids is 2. The van der Waals surface area contributed by atoms with Gasteiger partial charge in [-0.1, -0.05) is 36.4 Å². The molecule has 0 fully saturated rings. The number of rotatable bonds is 6. The van der Waals surface area contributed by atoms with E-state index >= 15 is 0 Å². The fraction of sp³-hybridized carbons (Fsp3) is 0.182. The molecule has 1 atom stereocenters. The number of benzene rings is 2. The fourth-order valence-corrected chi connectivity index (χ4v) is 3.77. The number of thiophene rings is 1. The molecule has 0 aliphatic carbocycles. The highest BCUT2D eigenvalue weighted by Crippen LogP contribution is 2.27. The predicted molar refractivity (Wildman–Crippen MR) is 109 cm³/mol. The maximum absolute atomic E-state index is 12.4. The van der Waals surface area contributed by atoms with E-state index in [9.17, 15) is 9.59 Å². The zero-order valence-electron chi connectivity index (χ0n) is 15.2. The van der Waals surface area contributed by atoms with Crippen molar-refractivity contribution in [3.05, 3.63) is 87.6 Å². The highest BCUT2D eigenvalue weighted by Gasteiger charge is 2.22. The SMILES string of the molecule is O=C(NC[C@H]1Cc2ccccc2O1)c1ccc(CNC(=O)c2cccs2)cc1. The Morgan fingerprint density at radius 1 is 0.964 bits per heavy atom. The summed E-state index contributed by atoms with van der Waals surface area (Å²) in [5.74, 6) is 0.679. The van der Waals surface area contributed by atoms with E-state index in [1.54, 1.807) is 18.2 Å². The van der Waals surface area contributed by atoms with Crippen LogP contribution in [0.2, 0.25) is 0 Å². The summed E-state index contributed by atoms with van der Waals surface area (Å²) in [6.07, 6.45) is 0.771. The molecule has 0 bridgehead atoms. The van der Waals surface area contributed by atoms with E-state index in [1.165, 1.54) is 16.9 Å². The van der Waals surface area contributed by atoms with Crippen molar-refractivity contribution in [3.63, 3.8) is 0 Å². The molecule has 2 amide bonds. The first-order valence-electron chi connectivity index (χ1n) is 9.12.